The van der Waals surface area contributed by atoms with Gasteiger partial charge in [-0.1, -0.05) is 30.3 Å². The summed E-state index contributed by atoms with van der Waals surface area (Å²) in [5.41, 5.74) is 2.21. The molecule has 0 aliphatic heterocycles. The summed E-state index contributed by atoms with van der Waals surface area (Å²) < 4.78 is 2.02. The van der Waals surface area contributed by atoms with Crippen LogP contribution in [0.2, 0.25) is 0 Å². The third-order valence-corrected chi connectivity index (χ3v) is 3.95. The number of aryl methyl sites for hydroxylation is 1. The van der Waals surface area contributed by atoms with Gasteiger partial charge in [0.05, 0.1) is 12.2 Å². The lowest BCUT2D eigenvalue weighted by atomic mass is 10.2. The van der Waals surface area contributed by atoms with Crippen molar-refractivity contribution in [1.82, 2.24) is 19.9 Å². The largest absolute Gasteiger partial charge is 0.337 e. The van der Waals surface area contributed by atoms with Gasteiger partial charge < -0.3 is 9.88 Å². The molecule has 102 valence electrons. The van der Waals surface area contributed by atoms with Crippen LogP contribution in [-0.4, -0.2) is 14.5 Å². The molecule has 0 saturated carbocycles. The first-order chi connectivity index (χ1) is 9.83. The van der Waals surface area contributed by atoms with Gasteiger partial charge in [-0.3, -0.25) is 0 Å². The quantitative estimate of drug-likeness (QED) is 0.783. The topological polar surface area (TPSA) is 42.7 Å². The highest BCUT2D eigenvalue weighted by atomic mass is 32.1. The number of hydrogen-bond donors (Lipinski definition) is 1. The summed E-state index contributed by atoms with van der Waals surface area (Å²) in [5, 5.41) is 6.57. The van der Waals surface area contributed by atoms with Crippen molar-refractivity contribution in [1.29, 1.82) is 0 Å². The van der Waals surface area contributed by atoms with E-state index in [0.29, 0.717) is 0 Å². The third-order valence-electron chi connectivity index (χ3n) is 3.10. The number of nitrogens with one attached hydrogen (secondary N) is 1. The van der Waals surface area contributed by atoms with Gasteiger partial charge in [-0.2, -0.15) is 0 Å². The maximum absolute atomic E-state index is 4.65. The van der Waals surface area contributed by atoms with Crippen molar-refractivity contribution in [2.45, 2.75) is 13.1 Å². The molecule has 0 fully saturated rings. The Morgan fingerprint density at radius 2 is 2.05 bits per heavy atom. The number of imidazole rings is 1. The molecule has 1 N–H and O–H groups in total. The van der Waals surface area contributed by atoms with Gasteiger partial charge in [-0.25, -0.2) is 9.97 Å². The maximum Gasteiger partial charge on any atom is 0.122 e. The van der Waals surface area contributed by atoms with Gasteiger partial charge in [0.2, 0.25) is 0 Å². The SMILES string of the molecule is Cn1ccnc1CNCc1nc(-c2ccccc2)cs1. The predicted molar refractivity (Wildman–Crippen MR) is 81.3 cm³/mol. The van der Waals surface area contributed by atoms with E-state index in [9.17, 15) is 0 Å². The minimum Gasteiger partial charge on any atom is -0.337 e. The first-order valence-corrected chi connectivity index (χ1v) is 7.37. The second-order valence-corrected chi connectivity index (χ2v) is 5.49. The number of hydrogen-bond acceptors (Lipinski definition) is 4. The highest BCUT2D eigenvalue weighted by Crippen LogP contribution is 2.21. The Hall–Kier alpha value is -1.98. The molecule has 0 spiro atoms. The molecule has 0 aliphatic rings. The number of thiazole rings is 1. The summed E-state index contributed by atoms with van der Waals surface area (Å²) in [5.74, 6) is 1.03. The Kier molecular flexibility index (Phi) is 3.90. The van der Waals surface area contributed by atoms with E-state index < -0.39 is 0 Å². The highest BCUT2D eigenvalue weighted by molar-refractivity contribution is 7.09. The lowest BCUT2D eigenvalue weighted by Crippen LogP contribution is -2.15. The molecule has 2 aromatic heterocycles. The van der Waals surface area contributed by atoms with E-state index in [4.69, 9.17) is 0 Å². The van der Waals surface area contributed by atoms with E-state index in [-0.39, 0.29) is 0 Å². The molecule has 0 saturated heterocycles. The van der Waals surface area contributed by atoms with Crippen LogP contribution in [-0.2, 0) is 20.1 Å². The van der Waals surface area contributed by atoms with Gasteiger partial charge in [0.15, 0.2) is 0 Å². The van der Waals surface area contributed by atoms with Crippen LogP contribution in [0.1, 0.15) is 10.8 Å². The van der Waals surface area contributed by atoms with Crippen molar-refractivity contribution in [2.24, 2.45) is 7.05 Å². The molecule has 3 aromatic rings. The summed E-state index contributed by atoms with van der Waals surface area (Å²) in [6.45, 7) is 1.52. The average Bonchev–Trinajstić information content (AvgIpc) is 3.10. The van der Waals surface area contributed by atoms with Gasteiger partial charge in [0.1, 0.15) is 10.8 Å². The van der Waals surface area contributed by atoms with Crippen molar-refractivity contribution in [3.05, 3.63) is 58.9 Å². The third kappa shape index (κ3) is 2.95. The van der Waals surface area contributed by atoms with Crippen LogP contribution in [0.4, 0.5) is 0 Å². The van der Waals surface area contributed by atoms with Gasteiger partial charge in [-0.15, -0.1) is 11.3 Å². The van der Waals surface area contributed by atoms with Crippen LogP contribution in [0, 0.1) is 0 Å². The van der Waals surface area contributed by atoms with Gasteiger partial charge >= 0.3 is 0 Å². The highest BCUT2D eigenvalue weighted by Gasteiger charge is 2.04. The Morgan fingerprint density at radius 3 is 2.80 bits per heavy atom. The Morgan fingerprint density at radius 1 is 1.20 bits per heavy atom. The Labute approximate surface area is 122 Å². The zero-order valence-electron chi connectivity index (χ0n) is 11.3. The Bertz CT molecular complexity index is 672. The van der Waals surface area contributed by atoms with Crippen molar-refractivity contribution in [3.8, 4) is 11.3 Å². The predicted octanol–water partition coefficient (Wildman–Crippen LogP) is 2.83. The molecular formula is C15H16N4S. The smallest absolute Gasteiger partial charge is 0.122 e. The maximum atomic E-state index is 4.65. The summed E-state index contributed by atoms with van der Waals surface area (Å²) in [6, 6.07) is 10.3. The molecule has 0 aliphatic carbocycles. The fraction of sp³-hybridized carbons (Fsp3) is 0.200. The fourth-order valence-electron chi connectivity index (χ4n) is 1.98. The minimum absolute atomic E-state index is 0.754. The zero-order valence-corrected chi connectivity index (χ0v) is 12.1. The minimum atomic E-state index is 0.754. The van der Waals surface area contributed by atoms with Gasteiger partial charge in [0, 0.05) is 36.9 Å². The molecule has 20 heavy (non-hydrogen) atoms. The zero-order chi connectivity index (χ0) is 13.8. The first kappa shape index (κ1) is 13.0. The molecule has 3 rings (SSSR count). The van der Waals surface area contributed by atoms with E-state index in [1.807, 2.05) is 42.2 Å². The summed E-state index contributed by atoms with van der Waals surface area (Å²) >= 11 is 1.68. The monoisotopic (exact) mass is 284 g/mol. The summed E-state index contributed by atoms with van der Waals surface area (Å²) in [6.07, 6.45) is 3.77. The van der Waals surface area contributed by atoms with Crippen LogP contribution >= 0.6 is 11.3 Å². The summed E-state index contributed by atoms with van der Waals surface area (Å²) in [4.78, 5) is 8.93. The fourth-order valence-corrected chi connectivity index (χ4v) is 2.75. The molecule has 5 heteroatoms. The van der Waals surface area contributed by atoms with Crippen LogP contribution in [0.5, 0.6) is 0 Å². The number of benzene rings is 1. The summed E-state index contributed by atoms with van der Waals surface area (Å²) in [7, 11) is 2.00. The van der Waals surface area contributed by atoms with E-state index in [0.717, 1.165) is 29.6 Å². The van der Waals surface area contributed by atoms with Crippen molar-refractivity contribution in [2.75, 3.05) is 0 Å². The van der Waals surface area contributed by atoms with E-state index >= 15 is 0 Å². The molecule has 0 amide bonds. The molecule has 2 heterocycles. The molecule has 4 nitrogen and oxygen atoms in total. The van der Waals surface area contributed by atoms with Crippen LogP contribution in [0.15, 0.2) is 48.1 Å². The van der Waals surface area contributed by atoms with Crippen molar-refractivity contribution >= 4 is 11.3 Å². The van der Waals surface area contributed by atoms with Gasteiger partial charge in [0.25, 0.3) is 0 Å². The normalized spacial score (nSPS) is 10.8. The molecule has 1 aromatic carbocycles. The first-order valence-electron chi connectivity index (χ1n) is 6.49. The number of aromatic nitrogens is 3. The van der Waals surface area contributed by atoms with Crippen LogP contribution < -0.4 is 5.32 Å². The van der Waals surface area contributed by atoms with Crippen LogP contribution in [0.3, 0.4) is 0 Å². The second kappa shape index (κ2) is 5.98. The van der Waals surface area contributed by atoms with E-state index in [1.165, 1.54) is 5.56 Å². The van der Waals surface area contributed by atoms with Crippen molar-refractivity contribution < 1.29 is 0 Å². The Balaban J connectivity index is 1.59. The second-order valence-electron chi connectivity index (χ2n) is 4.55. The van der Waals surface area contributed by atoms with E-state index in [2.05, 4.69) is 32.8 Å². The van der Waals surface area contributed by atoms with Crippen LogP contribution in [0.25, 0.3) is 11.3 Å². The lowest BCUT2D eigenvalue weighted by Gasteiger charge is -2.02. The number of rotatable bonds is 5. The number of nitrogens with zero attached hydrogens (tertiary/aromatic N) is 3. The van der Waals surface area contributed by atoms with E-state index in [1.54, 1.807) is 11.3 Å². The lowest BCUT2D eigenvalue weighted by molar-refractivity contribution is 0.637. The molecule has 0 radical (unpaired) electrons. The van der Waals surface area contributed by atoms with Crippen molar-refractivity contribution in [3.63, 3.8) is 0 Å². The van der Waals surface area contributed by atoms with Gasteiger partial charge in [-0.05, 0) is 0 Å². The molecule has 0 atom stereocenters. The average molecular weight is 284 g/mol. The standard InChI is InChI=1S/C15H16N4S/c1-19-8-7-17-14(19)9-16-10-15-18-13(11-20-15)12-5-3-2-4-6-12/h2-8,11,16H,9-10H2,1H3. The molecular weight excluding hydrogens is 268 g/mol. The molecule has 0 bridgehead atoms. The molecule has 0 unspecified atom stereocenters.